The molecule has 1 unspecified atom stereocenters. The van der Waals surface area contributed by atoms with Crippen molar-refractivity contribution in [2.45, 2.75) is 25.7 Å². The summed E-state index contributed by atoms with van der Waals surface area (Å²) in [7, 11) is 0. The van der Waals surface area contributed by atoms with Crippen molar-refractivity contribution >= 4 is 11.9 Å². The van der Waals surface area contributed by atoms with Gasteiger partial charge in [0.2, 0.25) is 0 Å². The summed E-state index contributed by atoms with van der Waals surface area (Å²) in [4.78, 5) is 23.7. The largest absolute Gasteiger partial charge is 0.480 e. The van der Waals surface area contributed by atoms with Crippen LogP contribution in [0.25, 0.3) is 0 Å². The van der Waals surface area contributed by atoms with Crippen molar-refractivity contribution in [1.29, 1.82) is 0 Å². The lowest BCUT2D eigenvalue weighted by Gasteiger charge is -2.28. The fourth-order valence-electron chi connectivity index (χ4n) is 2.10. The molecule has 0 saturated heterocycles. The molecular formula is C14H17FO4. The molecule has 0 amide bonds. The standard InChI is InChI=1S/C14H17FO4/c1-3-19-13(18)14(8-9-15,12(16)17)11-7-5-4-6-10(11)2/h4-7H,3,8-9H2,1-2H3,(H,16,17). The van der Waals surface area contributed by atoms with Gasteiger partial charge in [0.1, 0.15) is 0 Å². The maximum Gasteiger partial charge on any atom is 0.328 e. The van der Waals surface area contributed by atoms with Crippen molar-refractivity contribution in [2.75, 3.05) is 13.3 Å². The van der Waals surface area contributed by atoms with Gasteiger partial charge >= 0.3 is 11.9 Å². The predicted molar refractivity (Wildman–Crippen MR) is 67.7 cm³/mol. The highest BCUT2D eigenvalue weighted by Gasteiger charge is 2.49. The summed E-state index contributed by atoms with van der Waals surface area (Å²) in [5, 5.41) is 9.46. The molecule has 0 aliphatic heterocycles. The van der Waals surface area contributed by atoms with Crippen molar-refractivity contribution in [1.82, 2.24) is 0 Å². The van der Waals surface area contributed by atoms with E-state index in [9.17, 15) is 19.1 Å². The zero-order valence-corrected chi connectivity index (χ0v) is 11.0. The number of esters is 1. The molecule has 19 heavy (non-hydrogen) atoms. The smallest absolute Gasteiger partial charge is 0.328 e. The molecule has 0 aliphatic rings. The number of ether oxygens (including phenoxy) is 1. The maximum atomic E-state index is 12.8. The Morgan fingerprint density at radius 2 is 2.00 bits per heavy atom. The Balaban J connectivity index is 3.44. The third-order valence-electron chi connectivity index (χ3n) is 3.06. The number of benzene rings is 1. The second-order valence-corrected chi connectivity index (χ2v) is 4.18. The molecule has 1 N–H and O–H groups in total. The minimum atomic E-state index is -1.98. The number of carbonyl (C=O) groups excluding carboxylic acids is 1. The first-order chi connectivity index (χ1) is 9.00. The number of carboxylic acid groups (broad SMARTS) is 1. The quantitative estimate of drug-likeness (QED) is 0.635. The molecule has 5 heteroatoms. The molecular weight excluding hydrogens is 251 g/mol. The molecule has 1 rings (SSSR count). The molecule has 0 bridgehead atoms. The number of aliphatic carboxylic acids is 1. The second-order valence-electron chi connectivity index (χ2n) is 4.18. The minimum Gasteiger partial charge on any atom is -0.480 e. The van der Waals surface area contributed by atoms with Crippen LogP contribution in [0.1, 0.15) is 24.5 Å². The number of alkyl halides is 1. The topological polar surface area (TPSA) is 63.6 Å². The van der Waals surface area contributed by atoms with E-state index in [4.69, 9.17) is 4.74 Å². The Labute approximate surface area is 111 Å². The second kappa shape index (κ2) is 6.31. The van der Waals surface area contributed by atoms with E-state index in [1.54, 1.807) is 32.0 Å². The van der Waals surface area contributed by atoms with E-state index >= 15 is 0 Å². The number of rotatable bonds is 6. The Bertz CT molecular complexity index is 472. The van der Waals surface area contributed by atoms with Gasteiger partial charge in [-0.1, -0.05) is 24.3 Å². The van der Waals surface area contributed by atoms with E-state index in [-0.39, 0.29) is 12.2 Å². The number of carboxylic acids is 1. The van der Waals surface area contributed by atoms with Gasteiger partial charge in [0, 0.05) is 6.42 Å². The van der Waals surface area contributed by atoms with Crippen LogP contribution in [0.15, 0.2) is 24.3 Å². The fraction of sp³-hybridized carbons (Fsp3) is 0.429. The number of aryl methyl sites for hydroxylation is 1. The monoisotopic (exact) mass is 268 g/mol. The first kappa shape index (κ1) is 15.1. The van der Waals surface area contributed by atoms with Crippen molar-refractivity contribution in [3.63, 3.8) is 0 Å². The molecule has 1 atom stereocenters. The zero-order chi connectivity index (χ0) is 14.5. The predicted octanol–water partition coefficient (Wildman–Crippen LogP) is 2.24. The molecule has 0 aliphatic carbocycles. The molecule has 1 aromatic carbocycles. The summed E-state index contributed by atoms with van der Waals surface area (Å²) >= 11 is 0. The van der Waals surface area contributed by atoms with Crippen LogP contribution in [0, 0.1) is 6.92 Å². The highest BCUT2D eigenvalue weighted by molar-refractivity contribution is 6.05. The molecule has 104 valence electrons. The molecule has 0 aromatic heterocycles. The summed E-state index contributed by atoms with van der Waals surface area (Å²) in [6, 6.07) is 6.56. The SMILES string of the molecule is CCOC(=O)C(CCF)(C(=O)O)c1ccccc1C. The van der Waals surface area contributed by atoms with Crippen molar-refractivity contribution in [3.05, 3.63) is 35.4 Å². The van der Waals surface area contributed by atoms with Crippen LogP contribution in [0.5, 0.6) is 0 Å². The van der Waals surface area contributed by atoms with Gasteiger partial charge in [-0.05, 0) is 25.0 Å². The van der Waals surface area contributed by atoms with E-state index in [2.05, 4.69) is 0 Å². The van der Waals surface area contributed by atoms with Gasteiger partial charge in [-0.3, -0.25) is 14.0 Å². The van der Waals surface area contributed by atoms with Crippen molar-refractivity contribution < 1.29 is 23.8 Å². The van der Waals surface area contributed by atoms with E-state index in [0.717, 1.165) is 0 Å². The maximum absolute atomic E-state index is 12.8. The molecule has 4 nitrogen and oxygen atoms in total. The molecule has 0 fully saturated rings. The van der Waals surface area contributed by atoms with E-state index in [0.29, 0.717) is 5.56 Å². The third-order valence-corrected chi connectivity index (χ3v) is 3.06. The Morgan fingerprint density at radius 1 is 1.37 bits per heavy atom. The Kier molecular flexibility index (Phi) is 5.03. The lowest BCUT2D eigenvalue weighted by Crippen LogP contribution is -2.46. The number of halogens is 1. The van der Waals surface area contributed by atoms with Crippen LogP contribution in [-0.4, -0.2) is 30.3 Å². The van der Waals surface area contributed by atoms with E-state index in [1.165, 1.54) is 6.07 Å². The van der Waals surface area contributed by atoms with Gasteiger partial charge in [-0.15, -0.1) is 0 Å². The van der Waals surface area contributed by atoms with Gasteiger partial charge in [0.25, 0.3) is 0 Å². The van der Waals surface area contributed by atoms with Crippen LogP contribution in [0.3, 0.4) is 0 Å². The van der Waals surface area contributed by atoms with Crippen molar-refractivity contribution in [2.24, 2.45) is 0 Å². The summed E-state index contributed by atoms with van der Waals surface area (Å²) in [6.45, 7) is 2.40. The van der Waals surface area contributed by atoms with Gasteiger partial charge in [-0.2, -0.15) is 0 Å². The first-order valence-corrected chi connectivity index (χ1v) is 6.03. The van der Waals surface area contributed by atoms with Crippen molar-refractivity contribution in [3.8, 4) is 0 Å². The van der Waals surface area contributed by atoms with Gasteiger partial charge < -0.3 is 9.84 Å². The summed E-state index contributed by atoms with van der Waals surface area (Å²) < 4.78 is 17.6. The van der Waals surface area contributed by atoms with Crippen LogP contribution < -0.4 is 0 Å². The minimum absolute atomic E-state index is 0.0476. The highest BCUT2D eigenvalue weighted by atomic mass is 19.1. The summed E-state index contributed by atoms with van der Waals surface area (Å²) in [5.41, 5.74) is -1.08. The van der Waals surface area contributed by atoms with Crippen LogP contribution in [0.4, 0.5) is 4.39 Å². The van der Waals surface area contributed by atoms with Gasteiger partial charge in [-0.25, -0.2) is 0 Å². The molecule has 0 heterocycles. The lowest BCUT2D eigenvalue weighted by atomic mass is 9.76. The summed E-state index contributed by atoms with van der Waals surface area (Å²) in [6.07, 6.45) is -0.438. The number of hydrogen-bond donors (Lipinski definition) is 1. The number of carbonyl (C=O) groups is 2. The first-order valence-electron chi connectivity index (χ1n) is 6.03. The fourth-order valence-corrected chi connectivity index (χ4v) is 2.10. The van der Waals surface area contributed by atoms with Gasteiger partial charge in [0.15, 0.2) is 5.41 Å². The van der Waals surface area contributed by atoms with E-state index in [1.807, 2.05) is 0 Å². The van der Waals surface area contributed by atoms with Crippen LogP contribution >= 0.6 is 0 Å². The Morgan fingerprint density at radius 3 is 2.47 bits per heavy atom. The average molecular weight is 268 g/mol. The highest BCUT2D eigenvalue weighted by Crippen LogP contribution is 2.33. The van der Waals surface area contributed by atoms with Gasteiger partial charge in [0.05, 0.1) is 13.3 Å². The molecule has 0 radical (unpaired) electrons. The summed E-state index contributed by atoms with van der Waals surface area (Å²) in [5.74, 6) is -2.31. The zero-order valence-electron chi connectivity index (χ0n) is 11.0. The number of hydrogen-bond acceptors (Lipinski definition) is 3. The Hall–Kier alpha value is -1.91. The third kappa shape index (κ3) is 2.75. The van der Waals surface area contributed by atoms with Crippen LogP contribution in [0.2, 0.25) is 0 Å². The molecule has 1 aromatic rings. The lowest BCUT2D eigenvalue weighted by molar-refractivity contribution is -0.162. The molecule has 0 saturated carbocycles. The molecule has 0 spiro atoms. The van der Waals surface area contributed by atoms with Crippen LogP contribution in [-0.2, 0) is 19.7 Å². The normalized spacial score (nSPS) is 13.6. The average Bonchev–Trinajstić information content (AvgIpc) is 2.36. The van der Waals surface area contributed by atoms with E-state index < -0.39 is 30.4 Å².